The number of nitrogens with two attached hydrogens (primary N) is 1. The maximum absolute atomic E-state index is 13.8. The van der Waals surface area contributed by atoms with Crippen LogP contribution in [0.4, 0.5) is 4.39 Å². The molecule has 2 aromatic heterocycles. The molecule has 4 aromatic rings. The molecule has 0 atom stereocenters. The molecule has 2 N–H and O–H groups in total. The number of benzene rings is 2. The number of hydrogen-bond acceptors (Lipinski definition) is 6. The van der Waals surface area contributed by atoms with Crippen LogP contribution in [0.15, 0.2) is 73.2 Å². The van der Waals surface area contributed by atoms with Gasteiger partial charge >= 0.3 is 0 Å². The monoisotopic (exact) mass is 459 g/mol. The summed E-state index contributed by atoms with van der Waals surface area (Å²) in [7, 11) is 0. The van der Waals surface area contributed by atoms with Crippen molar-refractivity contribution >= 4 is 0 Å². The molecule has 2 heterocycles. The van der Waals surface area contributed by atoms with Crippen LogP contribution in [0.1, 0.15) is 37.8 Å². The summed E-state index contributed by atoms with van der Waals surface area (Å²) in [5.41, 5.74) is 7.89. The zero-order valence-corrected chi connectivity index (χ0v) is 19.1. The number of rotatable bonds is 7. The van der Waals surface area contributed by atoms with Gasteiger partial charge in [-0.05, 0) is 48.2 Å². The van der Waals surface area contributed by atoms with E-state index in [1.165, 1.54) is 28.8 Å². The Hall–Kier alpha value is -3.78. The second-order valence-electron chi connectivity index (χ2n) is 9.04. The minimum Gasteiger partial charge on any atom is -0.490 e. The number of aromatic nitrogens is 4. The van der Waals surface area contributed by atoms with E-state index in [4.69, 9.17) is 15.2 Å². The lowest BCUT2D eigenvalue weighted by atomic mass is 9.78. The Bertz CT molecular complexity index is 1250. The highest BCUT2D eigenvalue weighted by atomic mass is 19.1. The van der Waals surface area contributed by atoms with Crippen molar-refractivity contribution in [3.63, 3.8) is 0 Å². The number of hydrogen-bond donors (Lipinski definition) is 1. The van der Waals surface area contributed by atoms with Crippen LogP contribution in [0.5, 0.6) is 17.2 Å². The van der Waals surface area contributed by atoms with E-state index < -0.39 is 5.82 Å². The first kappa shape index (κ1) is 22.0. The maximum atomic E-state index is 13.8. The van der Waals surface area contributed by atoms with Crippen molar-refractivity contribution in [3.8, 4) is 23.1 Å². The first-order valence-corrected chi connectivity index (χ1v) is 11.2. The average Bonchev–Trinajstić information content (AvgIpc) is 3.34. The molecule has 0 spiro atoms. The van der Waals surface area contributed by atoms with Crippen molar-refractivity contribution in [2.75, 3.05) is 0 Å². The topological polar surface area (TPSA) is 88.1 Å². The van der Waals surface area contributed by atoms with E-state index in [1.54, 1.807) is 0 Å². The van der Waals surface area contributed by atoms with Crippen LogP contribution in [0, 0.1) is 5.82 Å². The molecule has 7 nitrogen and oxygen atoms in total. The zero-order valence-electron chi connectivity index (χ0n) is 19.1. The molecule has 1 aliphatic rings. The molecule has 5 rings (SSSR count). The summed E-state index contributed by atoms with van der Waals surface area (Å²) < 4.78 is 25.7. The largest absolute Gasteiger partial charge is 0.490 e. The molecule has 8 heteroatoms. The summed E-state index contributed by atoms with van der Waals surface area (Å²) >= 11 is 0. The molecule has 1 aliphatic carbocycles. The van der Waals surface area contributed by atoms with Crippen LogP contribution in [-0.2, 0) is 5.41 Å². The van der Waals surface area contributed by atoms with Gasteiger partial charge in [-0.1, -0.05) is 38.1 Å². The minimum atomic E-state index is -0.503. The van der Waals surface area contributed by atoms with Gasteiger partial charge in [0.05, 0.1) is 18.6 Å². The standard InChI is InChI=1S/C26H26FN5O2/c1-26(2,17-3-7-21(8-4-17)33-23-14-20(28)15-23)18-5-9-22(10-6-18)34-24-13-19(27)16-29-25(24)32-30-11-12-31-32/h3-13,16,20,23H,14-15,28H2,1-2H3. The smallest absolute Gasteiger partial charge is 0.217 e. The van der Waals surface area contributed by atoms with Gasteiger partial charge in [-0.2, -0.15) is 10.2 Å². The molecule has 0 amide bonds. The lowest BCUT2D eigenvalue weighted by Crippen LogP contribution is -2.43. The lowest BCUT2D eigenvalue weighted by molar-refractivity contribution is 0.101. The fraction of sp³-hybridized carbons (Fsp3) is 0.269. The molecular weight excluding hydrogens is 433 g/mol. The Labute approximate surface area is 197 Å². The maximum Gasteiger partial charge on any atom is 0.217 e. The van der Waals surface area contributed by atoms with E-state index in [2.05, 4.69) is 41.2 Å². The third-order valence-corrected chi connectivity index (χ3v) is 6.22. The molecule has 1 fully saturated rings. The fourth-order valence-electron chi connectivity index (χ4n) is 4.04. The van der Waals surface area contributed by atoms with Gasteiger partial charge in [-0.3, -0.25) is 0 Å². The number of pyridine rings is 1. The summed E-state index contributed by atoms with van der Waals surface area (Å²) in [6.45, 7) is 4.34. The summed E-state index contributed by atoms with van der Waals surface area (Å²) in [4.78, 5) is 5.36. The third kappa shape index (κ3) is 4.49. The molecule has 0 radical (unpaired) electrons. The van der Waals surface area contributed by atoms with Gasteiger partial charge in [0.25, 0.3) is 0 Å². The van der Waals surface area contributed by atoms with Crippen LogP contribution >= 0.6 is 0 Å². The van der Waals surface area contributed by atoms with Crippen molar-refractivity contribution in [2.45, 2.75) is 44.2 Å². The molecule has 34 heavy (non-hydrogen) atoms. The van der Waals surface area contributed by atoms with Crippen LogP contribution in [0.3, 0.4) is 0 Å². The van der Waals surface area contributed by atoms with E-state index in [0.717, 1.165) is 30.4 Å². The van der Waals surface area contributed by atoms with E-state index in [1.807, 2.05) is 36.4 Å². The van der Waals surface area contributed by atoms with Gasteiger partial charge in [-0.15, -0.1) is 4.80 Å². The van der Waals surface area contributed by atoms with Crippen LogP contribution in [-0.4, -0.2) is 32.1 Å². The zero-order chi connectivity index (χ0) is 23.7. The van der Waals surface area contributed by atoms with Gasteiger partial charge in [0.1, 0.15) is 23.4 Å². The average molecular weight is 460 g/mol. The van der Waals surface area contributed by atoms with Gasteiger partial charge in [0.2, 0.25) is 5.82 Å². The third-order valence-electron chi connectivity index (χ3n) is 6.22. The predicted molar refractivity (Wildman–Crippen MR) is 126 cm³/mol. The Morgan fingerprint density at radius 3 is 2.12 bits per heavy atom. The summed E-state index contributed by atoms with van der Waals surface area (Å²) in [6.07, 6.45) is 6.19. The highest BCUT2D eigenvalue weighted by Crippen LogP contribution is 2.35. The van der Waals surface area contributed by atoms with Crippen LogP contribution < -0.4 is 15.2 Å². The SMILES string of the molecule is CC(C)(c1ccc(Oc2cc(F)cnc2-n2nccn2)cc1)c1ccc(OC2CC(N)C2)cc1. The highest BCUT2D eigenvalue weighted by molar-refractivity contribution is 5.45. The highest BCUT2D eigenvalue weighted by Gasteiger charge is 2.28. The Kier molecular flexibility index (Phi) is 5.75. The van der Waals surface area contributed by atoms with Crippen molar-refractivity contribution in [2.24, 2.45) is 5.73 Å². The van der Waals surface area contributed by atoms with Crippen LogP contribution in [0.25, 0.3) is 5.82 Å². The first-order valence-electron chi connectivity index (χ1n) is 11.2. The Balaban J connectivity index is 1.32. The Morgan fingerprint density at radius 2 is 1.53 bits per heavy atom. The minimum absolute atomic E-state index is 0.222. The number of nitrogens with zero attached hydrogens (tertiary/aromatic N) is 4. The molecule has 0 bridgehead atoms. The Morgan fingerprint density at radius 1 is 0.941 bits per heavy atom. The van der Waals surface area contributed by atoms with E-state index in [9.17, 15) is 4.39 Å². The molecule has 174 valence electrons. The van der Waals surface area contributed by atoms with Gasteiger partial charge in [0.15, 0.2) is 5.75 Å². The van der Waals surface area contributed by atoms with Crippen molar-refractivity contribution in [1.82, 2.24) is 20.0 Å². The second kappa shape index (κ2) is 8.87. The summed E-state index contributed by atoms with van der Waals surface area (Å²) in [5.74, 6) is 1.46. The van der Waals surface area contributed by atoms with E-state index in [-0.39, 0.29) is 23.3 Å². The predicted octanol–water partition coefficient (Wildman–Crippen LogP) is 4.79. The first-order chi connectivity index (χ1) is 16.4. The van der Waals surface area contributed by atoms with Crippen molar-refractivity contribution in [1.29, 1.82) is 0 Å². The van der Waals surface area contributed by atoms with E-state index in [0.29, 0.717) is 11.6 Å². The lowest BCUT2D eigenvalue weighted by Gasteiger charge is -2.33. The molecule has 1 saturated carbocycles. The molecule has 0 saturated heterocycles. The summed E-state index contributed by atoms with van der Waals surface area (Å²) in [5, 5.41) is 8.12. The van der Waals surface area contributed by atoms with Gasteiger partial charge < -0.3 is 15.2 Å². The van der Waals surface area contributed by atoms with Gasteiger partial charge in [-0.25, -0.2) is 9.37 Å². The summed E-state index contributed by atoms with van der Waals surface area (Å²) in [6, 6.07) is 17.5. The molecule has 2 aromatic carbocycles. The van der Waals surface area contributed by atoms with Crippen molar-refractivity contribution in [3.05, 3.63) is 90.1 Å². The number of halogens is 1. The second-order valence-corrected chi connectivity index (χ2v) is 9.04. The van der Waals surface area contributed by atoms with E-state index >= 15 is 0 Å². The van der Waals surface area contributed by atoms with Gasteiger partial charge in [0, 0.05) is 17.5 Å². The molecule has 0 aliphatic heterocycles. The quantitative estimate of drug-likeness (QED) is 0.428. The molecular formula is C26H26FN5O2. The normalized spacial score (nSPS) is 17.8. The van der Waals surface area contributed by atoms with Crippen molar-refractivity contribution < 1.29 is 13.9 Å². The van der Waals surface area contributed by atoms with Crippen LogP contribution in [0.2, 0.25) is 0 Å². The number of ether oxygens (including phenoxy) is 2. The fourth-order valence-corrected chi connectivity index (χ4v) is 4.04. The molecule has 0 unspecified atom stereocenters.